The molecule has 0 bridgehead atoms. The molecular formula is C25H32N4O7. The second-order valence-electron chi connectivity index (χ2n) is 8.14. The lowest BCUT2D eigenvalue weighted by Crippen LogP contribution is -2.39. The molecule has 3 atom stereocenters. The van der Waals surface area contributed by atoms with Gasteiger partial charge in [0, 0.05) is 44.2 Å². The topological polar surface area (TPSA) is 145 Å². The number of anilines is 1. The molecule has 0 saturated carbocycles. The van der Waals surface area contributed by atoms with Crippen LogP contribution in [-0.4, -0.2) is 60.6 Å². The maximum Gasteiger partial charge on any atom is 0.287 e. The monoisotopic (exact) mass is 500 g/mol. The number of allylic oxidation sites excluding steroid dienone is 1. The molecule has 11 heteroatoms. The molecule has 1 aliphatic heterocycles. The Balaban J connectivity index is 1.69. The SMILES string of the molecule is CCO[C@H]1OC(C(=O)NCCNc2ccc([N+](=O)[O-])cn2)=C[C@@H](c2ccc(OC)cc2)[C@@H]1CCCO. The van der Waals surface area contributed by atoms with Crippen LogP contribution >= 0.6 is 0 Å². The number of amides is 1. The molecule has 3 rings (SSSR count). The van der Waals surface area contributed by atoms with Gasteiger partial charge >= 0.3 is 0 Å². The number of benzene rings is 1. The van der Waals surface area contributed by atoms with Crippen LogP contribution in [-0.2, 0) is 14.3 Å². The summed E-state index contributed by atoms with van der Waals surface area (Å²) < 4.78 is 17.1. The van der Waals surface area contributed by atoms with Gasteiger partial charge in [0.2, 0.25) is 6.29 Å². The molecule has 11 nitrogen and oxygen atoms in total. The van der Waals surface area contributed by atoms with Crippen LogP contribution < -0.4 is 15.4 Å². The van der Waals surface area contributed by atoms with Gasteiger partial charge in [0.15, 0.2) is 5.76 Å². The summed E-state index contributed by atoms with van der Waals surface area (Å²) in [7, 11) is 1.60. The third-order valence-electron chi connectivity index (χ3n) is 5.81. The van der Waals surface area contributed by atoms with Crippen molar-refractivity contribution in [2.45, 2.75) is 32.0 Å². The van der Waals surface area contributed by atoms with Gasteiger partial charge in [-0.3, -0.25) is 14.9 Å². The second-order valence-corrected chi connectivity index (χ2v) is 8.14. The molecule has 0 fully saturated rings. The van der Waals surface area contributed by atoms with Crippen molar-refractivity contribution >= 4 is 17.4 Å². The van der Waals surface area contributed by atoms with E-state index in [0.717, 1.165) is 11.3 Å². The first kappa shape index (κ1) is 26.9. The van der Waals surface area contributed by atoms with Gasteiger partial charge in [-0.25, -0.2) is 4.98 Å². The molecule has 0 saturated heterocycles. The summed E-state index contributed by atoms with van der Waals surface area (Å²) in [6.45, 7) is 2.97. The predicted molar refractivity (Wildman–Crippen MR) is 133 cm³/mol. The molecule has 36 heavy (non-hydrogen) atoms. The number of nitrogens with zero attached hydrogens (tertiary/aromatic N) is 2. The zero-order valence-electron chi connectivity index (χ0n) is 20.4. The molecule has 2 aromatic rings. The number of aliphatic hydroxyl groups excluding tert-OH is 1. The van der Waals surface area contributed by atoms with E-state index in [9.17, 15) is 20.0 Å². The highest BCUT2D eigenvalue weighted by Crippen LogP contribution is 2.39. The van der Waals surface area contributed by atoms with Gasteiger partial charge in [-0.1, -0.05) is 12.1 Å². The second kappa shape index (κ2) is 13.4. The standard InChI is InChI=1S/C25H32N4O7/c1-3-35-25-20(5-4-14-30)21(17-6-9-19(34-2)10-7-17)15-22(36-25)24(31)27-13-12-26-23-11-8-18(16-28-23)29(32)33/h6-11,15-16,20-21,25,30H,3-5,12-14H2,1-2H3,(H,26,28)(H,27,31)/t20-,21-,25-/m0/s1. The lowest BCUT2D eigenvalue weighted by Gasteiger charge is -2.37. The number of nitrogens with one attached hydrogen (secondary N) is 2. The summed E-state index contributed by atoms with van der Waals surface area (Å²) in [6, 6.07) is 10.5. The van der Waals surface area contributed by atoms with E-state index in [1.54, 1.807) is 13.2 Å². The van der Waals surface area contributed by atoms with Crippen LogP contribution in [0.15, 0.2) is 54.4 Å². The smallest absolute Gasteiger partial charge is 0.287 e. The Bertz CT molecular complexity index is 1030. The molecule has 0 unspecified atom stereocenters. The Labute approximate surface area is 209 Å². The van der Waals surface area contributed by atoms with Crippen molar-refractivity contribution in [2.75, 3.05) is 38.7 Å². The summed E-state index contributed by atoms with van der Waals surface area (Å²) in [5, 5.41) is 26.0. The van der Waals surface area contributed by atoms with Crippen LogP contribution in [0.25, 0.3) is 0 Å². The van der Waals surface area contributed by atoms with E-state index in [2.05, 4.69) is 15.6 Å². The van der Waals surface area contributed by atoms with Gasteiger partial charge in [0.05, 0.1) is 12.0 Å². The van der Waals surface area contributed by atoms with Gasteiger partial charge < -0.3 is 30.0 Å². The third-order valence-corrected chi connectivity index (χ3v) is 5.81. The van der Waals surface area contributed by atoms with E-state index >= 15 is 0 Å². The number of aromatic nitrogens is 1. The highest BCUT2D eigenvalue weighted by molar-refractivity contribution is 5.91. The van der Waals surface area contributed by atoms with Crippen molar-refractivity contribution in [1.29, 1.82) is 0 Å². The minimum atomic E-state index is -0.637. The number of ether oxygens (including phenoxy) is 3. The summed E-state index contributed by atoms with van der Waals surface area (Å²) in [6.07, 6.45) is 3.58. The molecule has 1 aliphatic rings. The highest BCUT2D eigenvalue weighted by Gasteiger charge is 2.37. The zero-order chi connectivity index (χ0) is 25.9. The van der Waals surface area contributed by atoms with E-state index < -0.39 is 11.2 Å². The Kier molecular flexibility index (Phi) is 10.0. The maximum absolute atomic E-state index is 12.9. The minimum absolute atomic E-state index is 0.0539. The van der Waals surface area contributed by atoms with Crippen molar-refractivity contribution in [2.24, 2.45) is 5.92 Å². The fraction of sp³-hybridized carbons (Fsp3) is 0.440. The van der Waals surface area contributed by atoms with E-state index in [-0.39, 0.29) is 42.3 Å². The van der Waals surface area contributed by atoms with Gasteiger partial charge in [-0.05, 0) is 49.6 Å². The first-order valence-electron chi connectivity index (χ1n) is 11.8. The largest absolute Gasteiger partial charge is 0.497 e. The summed E-state index contributed by atoms with van der Waals surface area (Å²) in [5.74, 6) is 0.745. The molecule has 1 aromatic carbocycles. The predicted octanol–water partition coefficient (Wildman–Crippen LogP) is 2.98. The maximum atomic E-state index is 12.9. The number of rotatable bonds is 13. The van der Waals surface area contributed by atoms with Crippen molar-refractivity contribution in [3.05, 3.63) is 70.1 Å². The molecule has 0 spiro atoms. The zero-order valence-corrected chi connectivity index (χ0v) is 20.4. The molecule has 1 amide bonds. The number of hydrogen-bond acceptors (Lipinski definition) is 9. The fourth-order valence-electron chi connectivity index (χ4n) is 4.02. The molecule has 3 N–H and O–H groups in total. The van der Waals surface area contributed by atoms with E-state index in [1.807, 2.05) is 31.2 Å². The van der Waals surface area contributed by atoms with Crippen molar-refractivity contribution in [1.82, 2.24) is 10.3 Å². The highest BCUT2D eigenvalue weighted by atomic mass is 16.7. The number of nitro groups is 1. The molecule has 2 heterocycles. The van der Waals surface area contributed by atoms with Crippen molar-refractivity contribution in [3.63, 3.8) is 0 Å². The molecule has 0 aliphatic carbocycles. The Hall–Kier alpha value is -3.70. The average molecular weight is 501 g/mol. The number of methoxy groups -OCH3 is 1. The van der Waals surface area contributed by atoms with Crippen LogP contribution in [0.2, 0.25) is 0 Å². The molecule has 0 radical (unpaired) electrons. The lowest BCUT2D eigenvalue weighted by atomic mass is 9.80. The van der Waals surface area contributed by atoms with Crippen LogP contribution in [0.3, 0.4) is 0 Å². The average Bonchev–Trinajstić information content (AvgIpc) is 2.90. The summed E-state index contributed by atoms with van der Waals surface area (Å²) >= 11 is 0. The van der Waals surface area contributed by atoms with Crippen LogP contribution in [0.1, 0.15) is 31.2 Å². The van der Waals surface area contributed by atoms with Gasteiger partial charge in [-0.2, -0.15) is 0 Å². The molecular weight excluding hydrogens is 468 g/mol. The first-order valence-corrected chi connectivity index (χ1v) is 11.8. The number of carbonyl (C=O) groups excluding carboxylic acids is 1. The summed E-state index contributed by atoms with van der Waals surface area (Å²) in [4.78, 5) is 27.1. The molecule has 1 aromatic heterocycles. The van der Waals surface area contributed by atoms with E-state index in [0.29, 0.717) is 31.8 Å². The first-order chi connectivity index (χ1) is 17.5. The fourth-order valence-corrected chi connectivity index (χ4v) is 4.02. The van der Waals surface area contributed by atoms with Crippen LogP contribution in [0.4, 0.5) is 11.5 Å². The quantitative estimate of drug-likeness (QED) is 0.215. The molecule has 194 valence electrons. The van der Waals surface area contributed by atoms with Crippen molar-refractivity contribution < 1.29 is 29.0 Å². The van der Waals surface area contributed by atoms with E-state index in [1.165, 1.54) is 18.3 Å². The normalized spacial score (nSPS) is 19.1. The number of aliphatic hydroxyl groups is 1. The van der Waals surface area contributed by atoms with Crippen molar-refractivity contribution in [3.8, 4) is 5.75 Å². The minimum Gasteiger partial charge on any atom is -0.497 e. The Morgan fingerprint density at radius 2 is 2.00 bits per heavy atom. The summed E-state index contributed by atoms with van der Waals surface area (Å²) in [5.41, 5.74) is 0.894. The third kappa shape index (κ3) is 7.15. The van der Waals surface area contributed by atoms with Crippen LogP contribution in [0, 0.1) is 16.0 Å². The van der Waals surface area contributed by atoms with Crippen LogP contribution in [0.5, 0.6) is 5.75 Å². The lowest BCUT2D eigenvalue weighted by molar-refractivity contribution is -0.385. The number of pyridine rings is 1. The van der Waals surface area contributed by atoms with Gasteiger partial charge in [0.25, 0.3) is 11.6 Å². The Morgan fingerprint density at radius 1 is 1.22 bits per heavy atom. The van der Waals surface area contributed by atoms with Gasteiger partial charge in [-0.15, -0.1) is 0 Å². The Morgan fingerprint density at radius 3 is 2.61 bits per heavy atom. The van der Waals surface area contributed by atoms with E-state index in [4.69, 9.17) is 14.2 Å². The number of carbonyl (C=O) groups is 1. The van der Waals surface area contributed by atoms with Gasteiger partial charge in [0.1, 0.15) is 17.8 Å². The number of hydrogen-bond donors (Lipinski definition) is 3.